The van der Waals surface area contributed by atoms with Gasteiger partial charge in [0.25, 0.3) is 0 Å². The minimum Gasteiger partial charge on any atom is -0.377 e. The fourth-order valence-electron chi connectivity index (χ4n) is 2.91. The maximum absolute atomic E-state index is 6.33. The fraction of sp³-hybridized carbons (Fsp3) is 0.625. The van der Waals surface area contributed by atoms with Crippen molar-refractivity contribution in [1.82, 2.24) is 5.32 Å². The molecule has 1 aliphatic carbocycles. The monoisotopic (exact) mass is 315 g/mol. The Kier molecular flexibility index (Phi) is 5.74. The highest BCUT2D eigenvalue weighted by Crippen LogP contribution is 2.40. The summed E-state index contributed by atoms with van der Waals surface area (Å²) in [6.07, 6.45) is 5.43. The first-order valence-corrected chi connectivity index (χ1v) is 8.10. The molecule has 1 aromatic carbocycles. The Balaban J connectivity index is 2.17. The van der Waals surface area contributed by atoms with Crippen LogP contribution in [0.3, 0.4) is 0 Å². The van der Waals surface area contributed by atoms with Crippen LogP contribution >= 0.6 is 23.2 Å². The maximum Gasteiger partial charge on any atom is 0.0834 e. The molecule has 0 heterocycles. The Morgan fingerprint density at radius 2 is 2.10 bits per heavy atom. The SMILES string of the molecule is CCCNC(Cc1cccc(Cl)c1Cl)C1(OC)CCC1. The third kappa shape index (κ3) is 3.30. The average Bonchev–Trinajstić information content (AvgIpc) is 2.40. The Morgan fingerprint density at radius 1 is 1.35 bits per heavy atom. The van der Waals surface area contributed by atoms with Gasteiger partial charge in [0.15, 0.2) is 0 Å². The van der Waals surface area contributed by atoms with Gasteiger partial charge in [-0.3, -0.25) is 0 Å². The molecule has 1 aromatic rings. The van der Waals surface area contributed by atoms with E-state index in [0.29, 0.717) is 10.0 Å². The normalized spacial score (nSPS) is 18.6. The summed E-state index contributed by atoms with van der Waals surface area (Å²) >= 11 is 12.4. The van der Waals surface area contributed by atoms with Crippen LogP contribution in [-0.4, -0.2) is 25.3 Å². The third-order valence-corrected chi connectivity index (χ3v) is 5.20. The highest BCUT2D eigenvalue weighted by molar-refractivity contribution is 6.42. The summed E-state index contributed by atoms with van der Waals surface area (Å²) in [6, 6.07) is 6.13. The predicted octanol–water partition coefficient (Wildman–Crippen LogP) is 4.47. The lowest BCUT2D eigenvalue weighted by atomic mass is 9.72. The van der Waals surface area contributed by atoms with Crippen molar-refractivity contribution in [3.8, 4) is 0 Å². The van der Waals surface area contributed by atoms with Crippen molar-refractivity contribution in [2.45, 2.75) is 50.7 Å². The molecular weight excluding hydrogens is 293 g/mol. The van der Waals surface area contributed by atoms with E-state index in [-0.39, 0.29) is 11.6 Å². The Labute approximate surface area is 131 Å². The number of halogens is 2. The smallest absolute Gasteiger partial charge is 0.0834 e. The van der Waals surface area contributed by atoms with Gasteiger partial charge in [-0.25, -0.2) is 0 Å². The van der Waals surface area contributed by atoms with Crippen LogP contribution in [0.25, 0.3) is 0 Å². The minimum absolute atomic E-state index is 0.0409. The zero-order valence-corrected chi connectivity index (χ0v) is 13.7. The van der Waals surface area contributed by atoms with Crippen LogP contribution in [0.15, 0.2) is 18.2 Å². The number of methoxy groups -OCH3 is 1. The van der Waals surface area contributed by atoms with Gasteiger partial charge in [0.2, 0.25) is 0 Å². The quantitative estimate of drug-likeness (QED) is 0.801. The summed E-state index contributed by atoms with van der Waals surface area (Å²) in [5.74, 6) is 0. The molecule has 0 aromatic heterocycles. The molecule has 2 rings (SSSR count). The number of ether oxygens (including phenoxy) is 1. The first-order valence-electron chi connectivity index (χ1n) is 7.34. The Bertz CT molecular complexity index is 441. The topological polar surface area (TPSA) is 21.3 Å². The molecule has 0 radical (unpaired) electrons. The molecule has 4 heteroatoms. The summed E-state index contributed by atoms with van der Waals surface area (Å²) in [4.78, 5) is 0. The lowest BCUT2D eigenvalue weighted by Gasteiger charge is -2.47. The van der Waals surface area contributed by atoms with Gasteiger partial charge in [0.05, 0.1) is 15.6 Å². The zero-order valence-electron chi connectivity index (χ0n) is 12.2. The summed E-state index contributed by atoms with van der Waals surface area (Å²) in [7, 11) is 1.82. The fourth-order valence-corrected chi connectivity index (χ4v) is 3.31. The van der Waals surface area contributed by atoms with E-state index >= 15 is 0 Å². The summed E-state index contributed by atoms with van der Waals surface area (Å²) in [6.45, 7) is 3.17. The van der Waals surface area contributed by atoms with Gasteiger partial charge in [-0.15, -0.1) is 0 Å². The van der Waals surface area contributed by atoms with E-state index in [4.69, 9.17) is 27.9 Å². The van der Waals surface area contributed by atoms with Gasteiger partial charge < -0.3 is 10.1 Å². The van der Waals surface area contributed by atoms with E-state index in [2.05, 4.69) is 18.3 Å². The molecule has 112 valence electrons. The van der Waals surface area contributed by atoms with Crippen molar-refractivity contribution in [3.63, 3.8) is 0 Å². The van der Waals surface area contributed by atoms with E-state index in [1.165, 1.54) is 6.42 Å². The van der Waals surface area contributed by atoms with Gasteiger partial charge in [0, 0.05) is 13.2 Å². The van der Waals surface area contributed by atoms with Gasteiger partial charge in [0.1, 0.15) is 0 Å². The molecule has 0 aliphatic heterocycles. The van der Waals surface area contributed by atoms with Gasteiger partial charge in [-0.2, -0.15) is 0 Å². The number of benzene rings is 1. The molecular formula is C16H23Cl2NO. The lowest BCUT2D eigenvalue weighted by molar-refractivity contribution is -0.0980. The van der Waals surface area contributed by atoms with Crippen LogP contribution in [-0.2, 0) is 11.2 Å². The van der Waals surface area contributed by atoms with E-state index in [1.54, 1.807) is 0 Å². The third-order valence-electron chi connectivity index (χ3n) is 4.34. The van der Waals surface area contributed by atoms with Crippen LogP contribution in [0, 0.1) is 0 Å². The molecule has 2 nitrogen and oxygen atoms in total. The van der Waals surface area contributed by atoms with E-state index in [1.807, 2.05) is 19.2 Å². The van der Waals surface area contributed by atoms with Gasteiger partial charge in [-0.05, 0) is 50.3 Å². The average molecular weight is 316 g/mol. The van der Waals surface area contributed by atoms with Crippen LogP contribution in [0.5, 0.6) is 0 Å². The van der Waals surface area contributed by atoms with Crippen LogP contribution in [0.2, 0.25) is 10.0 Å². The second-order valence-corrected chi connectivity index (χ2v) is 6.33. The number of nitrogens with one attached hydrogen (secondary N) is 1. The van der Waals surface area contributed by atoms with Crippen LogP contribution < -0.4 is 5.32 Å². The molecule has 1 saturated carbocycles. The largest absolute Gasteiger partial charge is 0.377 e. The molecule has 1 atom stereocenters. The zero-order chi connectivity index (χ0) is 14.6. The van der Waals surface area contributed by atoms with Crippen molar-refractivity contribution < 1.29 is 4.74 Å². The van der Waals surface area contributed by atoms with Crippen LogP contribution in [0.1, 0.15) is 38.2 Å². The maximum atomic E-state index is 6.33. The minimum atomic E-state index is -0.0409. The Morgan fingerprint density at radius 3 is 2.65 bits per heavy atom. The number of hydrogen-bond acceptors (Lipinski definition) is 2. The summed E-state index contributed by atoms with van der Waals surface area (Å²) in [5, 5.41) is 4.92. The van der Waals surface area contributed by atoms with Gasteiger partial charge >= 0.3 is 0 Å². The predicted molar refractivity (Wildman–Crippen MR) is 85.8 cm³/mol. The standard InChI is InChI=1S/C16H23Cl2NO/c1-3-10-19-14(16(20-2)8-5-9-16)11-12-6-4-7-13(17)15(12)18/h4,6-7,14,19H,3,5,8-11H2,1-2H3. The molecule has 1 fully saturated rings. The molecule has 0 spiro atoms. The second-order valence-electron chi connectivity index (χ2n) is 5.55. The van der Waals surface area contributed by atoms with Crippen molar-refractivity contribution in [2.24, 2.45) is 0 Å². The van der Waals surface area contributed by atoms with Gasteiger partial charge in [-0.1, -0.05) is 42.3 Å². The summed E-state index contributed by atoms with van der Waals surface area (Å²) in [5.41, 5.74) is 1.05. The Hall–Kier alpha value is -0.280. The molecule has 1 N–H and O–H groups in total. The molecule has 20 heavy (non-hydrogen) atoms. The first kappa shape index (κ1) is 16.1. The highest BCUT2D eigenvalue weighted by atomic mass is 35.5. The van der Waals surface area contributed by atoms with Crippen molar-refractivity contribution in [3.05, 3.63) is 33.8 Å². The lowest BCUT2D eigenvalue weighted by Crippen LogP contribution is -2.57. The van der Waals surface area contributed by atoms with Crippen LogP contribution in [0.4, 0.5) is 0 Å². The molecule has 1 aliphatic rings. The van der Waals surface area contributed by atoms with Crippen molar-refractivity contribution in [1.29, 1.82) is 0 Å². The number of hydrogen-bond donors (Lipinski definition) is 1. The van der Waals surface area contributed by atoms with E-state index in [0.717, 1.165) is 37.8 Å². The van der Waals surface area contributed by atoms with E-state index in [9.17, 15) is 0 Å². The van der Waals surface area contributed by atoms with Crippen molar-refractivity contribution in [2.75, 3.05) is 13.7 Å². The van der Waals surface area contributed by atoms with Crippen molar-refractivity contribution >= 4 is 23.2 Å². The highest BCUT2D eigenvalue weighted by Gasteiger charge is 2.44. The molecule has 0 saturated heterocycles. The molecule has 0 bridgehead atoms. The summed E-state index contributed by atoms with van der Waals surface area (Å²) < 4.78 is 5.84. The number of rotatable bonds is 7. The second kappa shape index (κ2) is 7.13. The van der Waals surface area contributed by atoms with E-state index < -0.39 is 0 Å². The molecule has 1 unspecified atom stereocenters. The molecule has 0 amide bonds. The first-order chi connectivity index (χ1) is 9.63.